The van der Waals surface area contributed by atoms with Crippen LogP contribution in [0, 0.1) is 5.41 Å². The Morgan fingerprint density at radius 3 is 2.35 bits per heavy atom. The molecule has 2 aliphatic heterocycles. The molecule has 0 saturated carbocycles. The zero-order valence-corrected chi connectivity index (χ0v) is 12.4. The fourth-order valence-corrected chi connectivity index (χ4v) is 2.47. The van der Waals surface area contributed by atoms with E-state index in [0.717, 1.165) is 0 Å². The van der Waals surface area contributed by atoms with Gasteiger partial charge in [0, 0.05) is 12.1 Å². The van der Waals surface area contributed by atoms with E-state index >= 15 is 0 Å². The molecule has 1 unspecified atom stereocenters. The van der Waals surface area contributed by atoms with Gasteiger partial charge in [-0.15, -0.1) is 0 Å². The van der Waals surface area contributed by atoms with Crippen LogP contribution in [0.4, 0.5) is 4.79 Å². The Labute approximate surface area is 118 Å². The molecule has 20 heavy (non-hydrogen) atoms. The summed E-state index contributed by atoms with van der Waals surface area (Å²) in [6.07, 6.45) is 0.428. The fourth-order valence-electron chi connectivity index (χ4n) is 2.47. The lowest BCUT2D eigenvalue weighted by Gasteiger charge is -2.39. The molecule has 2 fully saturated rings. The Kier molecular flexibility index (Phi) is 3.09. The highest BCUT2D eigenvalue weighted by atomic mass is 16.2. The molecule has 4 N–H and O–H groups in total. The van der Waals surface area contributed by atoms with Crippen molar-refractivity contribution in [2.75, 3.05) is 13.1 Å². The maximum atomic E-state index is 12.6. The molecule has 2 aliphatic rings. The number of hydrogen-bond acceptors (Lipinski definition) is 4. The van der Waals surface area contributed by atoms with Crippen LogP contribution < -0.4 is 16.4 Å². The largest absolute Gasteiger partial charge is 0.339 e. The van der Waals surface area contributed by atoms with Gasteiger partial charge in [0.1, 0.15) is 5.54 Å². The van der Waals surface area contributed by atoms with Crippen LogP contribution in [0.3, 0.4) is 0 Å². The van der Waals surface area contributed by atoms with E-state index in [2.05, 4.69) is 10.6 Å². The van der Waals surface area contributed by atoms with E-state index in [1.54, 1.807) is 32.6 Å². The minimum Gasteiger partial charge on any atom is -0.339 e. The average molecular weight is 282 g/mol. The number of nitrogens with zero attached hydrogens (tertiary/aromatic N) is 1. The van der Waals surface area contributed by atoms with Gasteiger partial charge in [-0.2, -0.15) is 0 Å². The lowest BCUT2D eigenvalue weighted by Crippen LogP contribution is -2.57. The van der Waals surface area contributed by atoms with E-state index in [1.165, 1.54) is 0 Å². The van der Waals surface area contributed by atoms with E-state index < -0.39 is 22.5 Å². The highest BCUT2D eigenvalue weighted by Crippen LogP contribution is 2.34. The fraction of sp³-hybridized carbons (Fsp3) is 0.769. The summed E-state index contributed by atoms with van der Waals surface area (Å²) in [5.74, 6) is -0.460. The number of nitrogens with two attached hydrogens (primary N) is 1. The molecule has 2 heterocycles. The first kappa shape index (κ1) is 14.8. The SMILES string of the molecule is CC(C)(N)C(C)(C)C(=O)N1CCC2(C1)NC(=O)NC2=O. The van der Waals surface area contributed by atoms with Crippen molar-refractivity contribution in [2.24, 2.45) is 11.1 Å². The van der Waals surface area contributed by atoms with Gasteiger partial charge in [-0.05, 0) is 34.1 Å². The topological polar surface area (TPSA) is 105 Å². The van der Waals surface area contributed by atoms with Gasteiger partial charge < -0.3 is 16.0 Å². The smallest absolute Gasteiger partial charge is 0.322 e. The molecule has 0 aromatic rings. The van der Waals surface area contributed by atoms with Gasteiger partial charge in [-0.25, -0.2) is 4.79 Å². The lowest BCUT2D eigenvalue weighted by atomic mass is 9.74. The molecule has 7 heteroatoms. The van der Waals surface area contributed by atoms with Gasteiger partial charge in [0.25, 0.3) is 5.91 Å². The number of rotatable bonds is 2. The van der Waals surface area contributed by atoms with Crippen LogP contribution >= 0.6 is 0 Å². The molecule has 1 spiro atoms. The number of nitrogens with one attached hydrogen (secondary N) is 2. The van der Waals surface area contributed by atoms with Crippen LogP contribution in [0.1, 0.15) is 34.1 Å². The highest BCUT2D eigenvalue weighted by molar-refractivity contribution is 6.07. The minimum atomic E-state index is -0.971. The number of carbonyl (C=O) groups is 3. The second-order valence-corrected chi connectivity index (χ2v) is 6.81. The molecule has 7 nitrogen and oxygen atoms in total. The van der Waals surface area contributed by atoms with Gasteiger partial charge >= 0.3 is 6.03 Å². The number of imide groups is 1. The molecular formula is C13H22N4O3. The summed E-state index contributed by atoms with van der Waals surface area (Å²) >= 11 is 0. The molecule has 0 aromatic carbocycles. The standard InChI is InChI=1S/C13H22N4O3/c1-11(2,12(3,4)14)9(19)17-6-5-13(7-17)8(18)15-10(20)16-13/h5-7,14H2,1-4H3,(H2,15,16,18,20). The summed E-state index contributed by atoms with van der Waals surface area (Å²) in [6.45, 7) is 7.85. The summed E-state index contributed by atoms with van der Waals surface area (Å²) in [5.41, 5.74) is 3.68. The normalized spacial score (nSPS) is 26.9. The number of amides is 4. The van der Waals surface area contributed by atoms with E-state index in [1.807, 2.05) is 0 Å². The maximum absolute atomic E-state index is 12.6. The van der Waals surface area contributed by atoms with Crippen molar-refractivity contribution in [3.8, 4) is 0 Å². The molecule has 112 valence electrons. The van der Waals surface area contributed by atoms with Crippen LogP contribution in [0.15, 0.2) is 0 Å². The van der Waals surface area contributed by atoms with Crippen molar-refractivity contribution in [3.63, 3.8) is 0 Å². The Bertz CT molecular complexity index is 480. The van der Waals surface area contributed by atoms with Gasteiger partial charge in [0.2, 0.25) is 5.91 Å². The van der Waals surface area contributed by atoms with Gasteiger partial charge in [0.15, 0.2) is 0 Å². The monoisotopic (exact) mass is 282 g/mol. The molecule has 0 bridgehead atoms. The van der Waals surface area contributed by atoms with Crippen molar-refractivity contribution >= 4 is 17.8 Å². The predicted molar refractivity (Wildman–Crippen MR) is 72.6 cm³/mol. The molecular weight excluding hydrogens is 260 g/mol. The molecule has 0 aromatic heterocycles. The molecule has 2 saturated heterocycles. The van der Waals surface area contributed by atoms with Crippen molar-refractivity contribution < 1.29 is 14.4 Å². The zero-order chi connectivity index (χ0) is 15.3. The average Bonchev–Trinajstić information content (AvgIpc) is 2.82. The third-order valence-electron chi connectivity index (χ3n) is 4.72. The first-order valence-corrected chi connectivity index (χ1v) is 6.71. The first-order chi connectivity index (χ1) is 8.99. The van der Waals surface area contributed by atoms with Crippen molar-refractivity contribution in [2.45, 2.75) is 45.2 Å². The molecule has 4 amide bonds. The van der Waals surface area contributed by atoms with Crippen LogP contribution in [-0.4, -0.2) is 46.9 Å². The third-order valence-corrected chi connectivity index (χ3v) is 4.72. The molecule has 0 radical (unpaired) electrons. The predicted octanol–water partition coefficient (Wildman–Crippen LogP) is -0.440. The summed E-state index contributed by atoms with van der Waals surface area (Å²) in [5, 5.41) is 4.86. The van der Waals surface area contributed by atoms with Gasteiger partial charge in [-0.3, -0.25) is 14.9 Å². The lowest BCUT2D eigenvalue weighted by molar-refractivity contribution is -0.142. The van der Waals surface area contributed by atoms with Crippen molar-refractivity contribution in [1.29, 1.82) is 0 Å². The van der Waals surface area contributed by atoms with Crippen LogP contribution in [-0.2, 0) is 9.59 Å². The Morgan fingerprint density at radius 1 is 1.30 bits per heavy atom. The van der Waals surface area contributed by atoms with E-state index in [9.17, 15) is 14.4 Å². The van der Waals surface area contributed by atoms with Crippen molar-refractivity contribution in [1.82, 2.24) is 15.5 Å². The second-order valence-electron chi connectivity index (χ2n) is 6.81. The summed E-state index contributed by atoms with van der Waals surface area (Å²) in [7, 11) is 0. The highest BCUT2D eigenvalue weighted by Gasteiger charge is 2.54. The maximum Gasteiger partial charge on any atom is 0.322 e. The third kappa shape index (κ3) is 2.06. The number of urea groups is 1. The molecule has 2 rings (SSSR count). The number of likely N-dealkylation sites (tertiary alicyclic amines) is 1. The van der Waals surface area contributed by atoms with E-state index in [-0.39, 0.29) is 18.4 Å². The van der Waals surface area contributed by atoms with E-state index in [0.29, 0.717) is 13.0 Å². The number of carbonyl (C=O) groups excluding carboxylic acids is 3. The summed E-state index contributed by atoms with van der Waals surface area (Å²) < 4.78 is 0. The number of hydrogen-bond donors (Lipinski definition) is 3. The quantitative estimate of drug-likeness (QED) is 0.597. The second kappa shape index (κ2) is 4.18. The van der Waals surface area contributed by atoms with Crippen LogP contribution in [0.2, 0.25) is 0 Å². The molecule has 1 atom stereocenters. The zero-order valence-electron chi connectivity index (χ0n) is 12.4. The molecule has 0 aliphatic carbocycles. The summed E-state index contributed by atoms with van der Waals surface area (Å²) in [6, 6.07) is -0.497. The first-order valence-electron chi connectivity index (χ1n) is 6.71. The Balaban J connectivity index is 2.16. The van der Waals surface area contributed by atoms with Crippen LogP contribution in [0.25, 0.3) is 0 Å². The van der Waals surface area contributed by atoms with E-state index in [4.69, 9.17) is 5.73 Å². The Morgan fingerprint density at radius 2 is 1.90 bits per heavy atom. The van der Waals surface area contributed by atoms with Gasteiger partial charge in [-0.1, -0.05) is 0 Å². The Hall–Kier alpha value is -1.63. The van der Waals surface area contributed by atoms with Crippen molar-refractivity contribution in [3.05, 3.63) is 0 Å². The minimum absolute atomic E-state index is 0.101. The summed E-state index contributed by atoms with van der Waals surface area (Å²) in [4.78, 5) is 37.4. The van der Waals surface area contributed by atoms with Crippen LogP contribution in [0.5, 0.6) is 0 Å². The van der Waals surface area contributed by atoms with Gasteiger partial charge in [0.05, 0.1) is 12.0 Å².